The van der Waals surface area contributed by atoms with Gasteiger partial charge in [-0.25, -0.2) is 4.39 Å². The monoisotopic (exact) mass is 449 g/mol. The normalized spacial score (nSPS) is 15.5. The average Bonchev–Trinajstić information content (AvgIpc) is 3.29. The van der Waals surface area contributed by atoms with Gasteiger partial charge in [-0.05, 0) is 43.1 Å². The van der Waals surface area contributed by atoms with E-state index in [-0.39, 0.29) is 5.82 Å². The smallest absolute Gasteiger partial charge is 0.231 e. The third-order valence-electron chi connectivity index (χ3n) is 6.34. The van der Waals surface area contributed by atoms with Gasteiger partial charge in [0.25, 0.3) is 0 Å². The maximum absolute atomic E-state index is 14.1. The molecule has 4 rings (SSSR count). The molecule has 1 saturated heterocycles. The standard InChI is InChI=1S/C26H32FN5O/c1-26(2,20-12-10-19(11-13-20)21-8-4-5-9-22(21)27)23-18-24(33-31-23)30-25(28)29-14-17-32-15-6-3-7-16-32/h4-5,8-13,18H,3,6-7,14-17H2,1-2H3,(H3,28,29,30). The Balaban J connectivity index is 1.39. The van der Waals surface area contributed by atoms with E-state index in [1.165, 1.54) is 25.3 Å². The number of rotatable bonds is 7. The highest BCUT2D eigenvalue weighted by atomic mass is 19.1. The molecule has 3 aromatic rings. The summed E-state index contributed by atoms with van der Waals surface area (Å²) in [6.45, 7) is 8.00. The number of nitrogens with one attached hydrogen (secondary N) is 1. The molecule has 0 spiro atoms. The molecular weight excluding hydrogens is 417 g/mol. The van der Waals surface area contributed by atoms with E-state index >= 15 is 0 Å². The van der Waals surface area contributed by atoms with Gasteiger partial charge in [-0.3, -0.25) is 10.3 Å². The quantitative estimate of drug-likeness (QED) is 0.391. The maximum atomic E-state index is 14.1. The van der Waals surface area contributed by atoms with Crippen LogP contribution in [0, 0.1) is 5.82 Å². The van der Waals surface area contributed by atoms with Crippen molar-refractivity contribution in [2.45, 2.75) is 38.5 Å². The minimum Gasteiger partial charge on any atom is -0.370 e. The zero-order valence-electron chi connectivity index (χ0n) is 19.4. The summed E-state index contributed by atoms with van der Waals surface area (Å²) in [5.41, 5.74) is 8.87. The van der Waals surface area contributed by atoms with E-state index in [2.05, 4.69) is 34.2 Å². The zero-order chi connectivity index (χ0) is 23.3. The van der Waals surface area contributed by atoms with Crippen molar-refractivity contribution in [3.8, 4) is 11.1 Å². The third-order valence-corrected chi connectivity index (χ3v) is 6.34. The Morgan fingerprint density at radius 2 is 1.85 bits per heavy atom. The van der Waals surface area contributed by atoms with Crippen molar-refractivity contribution < 1.29 is 8.91 Å². The Morgan fingerprint density at radius 3 is 2.58 bits per heavy atom. The first-order chi connectivity index (χ1) is 15.9. The maximum Gasteiger partial charge on any atom is 0.231 e. The van der Waals surface area contributed by atoms with Crippen LogP contribution in [0.15, 0.2) is 64.1 Å². The minimum atomic E-state index is -0.405. The van der Waals surface area contributed by atoms with Crippen molar-refractivity contribution in [1.29, 1.82) is 0 Å². The van der Waals surface area contributed by atoms with E-state index in [4.69, 9.17) is 10.3 Å². The van der Waals surface area contributed by atoms with Crippen LogP contribution >= 0.6 is 0 Å². The van der Waals surface area contributed by atoms with Gasteiger partial charge in [0.1, 0.15) is 5.82 Å². The van der Waals surface area contributed by atoms with E-state index in [0.29, 0.717) is 24.0 Å². The molecule has 0 bridgehead atoms. The van der Waals surface area contributed by atoms with Gasteiger partial charge in [0.2, 0.25) is 5.88 Å². The van der Waals surface area contributed by atoms with Gasteiger partial charge in [-0.1, -0.05) is 67.9 Å². The van der Waals surface area contributed by atoms with Gasteiger partial charge in [0.05, 0.1) is 12.2 Å². The summed E-state index contributed by atoms with van der Waals surface area (Å²) >= 11 is 0. The van der Waals surface area contributed by atoms with Crippen molar-refractivity contribution in [3.63, 3.8) is 0 Å². The summed E-state index contributed by atoms with van der Waals surface area (Å²) in [5, 5.41) is 7.25. The number of aliphatic imine (C=N–C) groups is 1. The van der Waals surface area contributed by atoms with Gasteiger partial charge < -0.3 is 15.2 Å². The topological polar surface area (TPSA) is 79.7 Å². The summed E-state index contributed by atoms with van der Waals surface area (Å²) in [6.07, 6.45) is 3.85. The van der Waals surface area contributed by atoms with Crippen LogP contribution in [0.5, 0.6) is 0 Å². The molecule has 0 radical (unpaired) electrons. The number of hydrogen-bond donors (Lipinski definition) is 2. The SMILES string of the molecule is CC(C)(c1ccc(-c2ccccc2F)cc1)c1cc(NC(N)=NCCN2CCCCC2)on1. The Kier molecular flexibility index (Phi) is 7.08. The highest BCUT2D eigenvalue weighted by Crippen LogP contribution is 2.33. The lowest BCUT2D eigenvalue weighted by Crippen LogP contribution is -2.32. The van der Waals surface area contributed by atoms with Crippen molar-refractivity contribution in [1.82, 2.24) is 10.1 Å². The number of halogens is 1. The number of nitrogens with two attached hydrogens (primary N) is 1. The number of piperidine rings is 1. The van der Waals surface area contributed by atoms with Crippen LogP contribution in [0.25, 0.3) is 11.1 Å². The number of likely N-dealkylation sites (tertiary alicyclic amines) is 1. The summed E-state index contributed by atoms with van der Waals surface area (Å²) < 4.78 is 19.6. The minimum absolute atomic E-state index is 0.230. The second kappa shape index (κ2) is 10.2. The molecule has 0 saturated carbocycles. The molecule has 7 heteroatoms. The molecule has 1 aliphatic rings. The number of aromatic nitrogens is 1. The molecule has 0 amide bonds. The Bertz CT molecular complexity index is 1080. The van der Waals surface area contributed by atoms with Crippen molar-refractivity contribution in [3.05, 3.63) is 71.7 Å². The summed E-state index contributed by atoms with van der Waals surface area (Å²) in [6, 6.07) is 16.5. The Morgan fingerprint density at radius 1 is 1.12 bits per heavy atom. The van der Waals surface area contributed by atoms with E-state index in [1.807, 2.05) is 36.4 Å². The van der Waals surface area contributed by atoms with Crippen molar-refractivity contribution in [2.24, 2.45) is 10.7 Å². The second-order valence-electron chi connectivity index (χ2n) is 9.05. The van der Waals surface area contributed by atoms with Crippen LogP contribution in [0.2, 0.25) is 0 Å². The number of nitrogens with zero attached hydrogens (tertiary/aromatic N) is 3. The molecule has 1 aromatic heterocycles. The van der Waals surface area contributed by atoms with E-state index < -0.39 is 5.41 Å². The van der Waals surface area contributed by atoms with Crippen LogP contribution < -0.4 is 11.1 Å². The van der Waals surface area contributed by atoms with Crippen LogP contribution in [-0.2, 0) is 5.41 Å². The van der Waals surface area contributed by atoms with Gasteiger partial charge in [-0.15, -0.1) is 0 Å². The number of hydrogen-bond acceptors (Lipinski definition) is 4. The molecule has 0 aliphatic carbocycles. The molecule has 1 fully saturated rings. The fourth-order valence-corrected chi connectivity index (χ4v) is 4.20. The third kappa shape index (κ3) is 5.60. The molecule has 1 aliphatic heterocycles. The molecule has 33 heavy (non-hydrogen) atoms. The highest BCUT2D eigenvalue weighted by molar-refractivity contribution is 5.91. The highest BCUT2D eigenvalue weighted by Gasteiger charge is 2.27. The Hall–Kier alpha value is -3.19. The molecule has 174 valence electrons. The molecular formula is C26H32FN5O. The predicted octanol–water partition coefficient (Wildman–Crippen LogP) is 5.02. The van der Waals surface area contributed by atoms with Gasteiger partial charge in [0.15, 0.2) is 5.96 Å². The second-order valence-corrected chi connectivity index (χ2v) is 9.05. The van der Waals surface area contributed by atoms with Crippen LogP contribution in [0.4, 0.5) is 10.3 Å². The lowest BCUT2D eigenvalue weighted by atomic mass is 9.81. The van der Waals surface area contributed by atoms with Crippen LogP contribution in [-0.4, -0.2) is 42.2 Å². The van der Waals surface area contributed by atoms with E-state index in [0.717, 1.165) is 36.5 Å². The van der Waals surface area contributed by atoms with Crippen molar-refractivity contribution in [2.75, 3.05) is 31.5 Å². The fraction of sp³-hybridized carbons (Fsp3) is 0.385. The van der Waals surface area contributed by atoms with Crippen LogP contribution in [0.1, 0.15) is 44.4 Å². The first-order valence-electron chi connectivity index (χ1n) is 11.6. The first kappa shape index (κ1) is 23.0. The Labute approximate surface area is 194 Å². The largest absolute Gasteiger partial charge is 0.370 e. The molecule has 0 atom stereocenters. The molecule has 2 aromatic carbocycles. The zero-order valence-corrected chi connectivity index (χ0v) is 19.4. The van der Waals surface area contributed by atoms with Gasteiger partial charge in [0, 0.05) is 23.6 Å². The lowest BCUT2D eigenvalue weighted by Gasteiger charge is -2.25. The average molecular weight is 450 g/mol. The number of benzene rings is 2. The summed E-state index contributed by atoms with van der Waals surface area (Å²) in [4.78, 5) is 6.84. The van der Waals surface area contributed by atoms with Gasteiger partial charge >= 0.3 is 0 Å². The van der Waals surface area contributed by atoms with Crippen molar-refractivity contribution >= 4 is 11.8 Å². The molecule has 3 N–H and O–H groups in total. The van der Waals surface area contributed by atoms with Crippen LogP contribution in [0.3, 0.4) is 0 Å². The van der Waals surface area contributed by atoms with Gasteiger partial charge in [-0.2, -0.15) is 0 Å². The predicted molar refractivity (Wildman–Crippen MR) is 131 cm³/mol. The number of guanidine groups is 1. The summed E-state index contributed by atoms with van der Waals surface area (Å²) in [7, 11) is 0. The fourth-order valence-electron chi connectivity index (χ4n) is 4.20. The summed E-state index contributed by atoms with van der Waals surface area (Å²) in [5.74, 6) is 0.550. The first-order valence-corrected chi connectivity index (χ1v) is 11.6. The number of anilines is 1. The molecule has 0 unspecified atom stereocenters. The van der Waals surface area contributed by atoms with E-state index in [1.54, 1.807) is 12.1 Å². The van der Waals surface area contributed by atoms with E-state index in [9.17, 15) is 4.39 Å². The lowest BCUT2D eigenvalue weighted by molar-refractivity contribution is 0.235. The molecule has 2 heterocycles. The molecule has 6 nitrogen and oxygen atoms in total.